The van der Waals surface area contributed by atoms with Crippen LogP contribution in [0.2, 0.25) is 0 Å². The van der Waals surface area contributed by atoms with Crippen LogP contribution in [-0.2, 0) is 37.5 Å². The van der Waals surface area contributed by atoms with Crippen LogP contribution < -0.4 is 5.32 Å². The molecule has 22 heavy (non-hydrogen) atoms. The summed E-state index contributed by atoms with van der Waals surface area (Å²) in [5.74, 6) is -0.192. The molecule has 0 saturated carbocycles. The zero-order valence-corrected chi connectivity index (χ0v) is 16.6. The van der Waals surface area contributed by atoms with Gasteiger partial charge in [0.25, 0.3) is 0 Å². The minimum Gasteiger partial charge on any atom is -0.342 e. The van der Waals surface area contributed by atoms with Crippen molar-refractivity contribution >= 4 is 11.8 Å². The maximum Gasteiger partial charge on any atom is 0.245 e. The van der Waals surface area contributed by atoms with Gasteiger partial charge in [-0.15, -0.1) is 5.56 Å². The number of benzene rings is 1. The Labute approximate surface area is 157 Å². The maximum absolute atomic E-state index is 12.4. The third-order valence-electron chi connectivity index (χ3n) is 4.10. The zero-order valence-electron chi connectivity index (χ0n) is 13.8. The molecule has 1 fully saturated rings. The predicted octanol–water partition coefficient (Wildman–Crippen LogP) is 2.23. The first-order chi connectivity index (χ1) is 9.90. The molecule has 2 rings (SSSR count). The first-order valence-electron chi connectivity index (χ1n) is 7.50. The summed E-state index contributed by atoms with van der Waals surface area (Å²) < 4.78 is 0. The number of carbonyl (C=O) groups excluding carboxylic acids is 2. The molecular weight excluding hydrogens is 353 g/mol. The van der Waals surface area contributed by atoms with Gasteiger partial charge in [-0.1, -0.05) is 19.4 Å². The van der Waals surface area contributed by atoms with Crippen LogP contribution in [0.15, 0.2) is 12.1 Å². The molecule has 117 valence electrons. The van der Waals surface area contributed by atoms with Crippen molar-refractivity contribution in [3.8, 4) is 0 Å². The third kappa shape index (κ3) is 4.39. The largest absolute Gasteiger partial charge is 0.342 e. The van der Waals surface area contributed by atoms with Crippen LogP contribution in [0.4, 0.5) is 0 Å². The van der Waals surface area contributed by atoms with Crippen LogP contribution in [0, 0.1) is 19.9 Å². The van der Waals surface area contributed by atoms with Crippen molar-refractivity contribution in [2.45, 2.75) is 52.6 Å². The van der Waals surface area contributed by atoms with Gasteiger partial charge in [0.05, 0.1) is 0 Å². The van der Waals surface area contributed by atoms with Gasteiger partial charge < -0.3 is 10.2 Å². The Morgan fingerprint density at radius 3 is 2.68 bits per heavy atom. The summed E-state index contributed by atoms with van der Waals surface area (Å²) in [5, 5.41) is 2.82. The van der Waals surface area contributed by atoms with Gasteiger partial charge >= 0.3 is 0 Å². The molecule has 5 heteroatoms. The number of aryl methyl sites for hydroxylation is 2. The predicted molar refractivity (Wildman–Crippen MR) is 82.1 cm³/mol. The summed E-state index contributed by atoms with van der Waals surface area (Å²) in [6.45, 7) is 8.37. The maximum atomic E-state index is 12.4. The first-order valence-corrected chi connectivity index (χ1v) is 7.50. The van der Waals surface area contributed by atoms with Gasteiger partial charge in [-0.2, -0.15) is 23.8 Å². The Balaban J connectivity index is 0.00000242. The molecule has 0 aliphatic carbocycles. The molecule has 1 aromatic carbocycles. The molecule has 1 N–H and O–H groups in total. The average molecular weight is 376 g/mol. The fourth-order valence-electron chi connectivity index (χ4n) is 2.76. The van der Waals surface area contributed by atoms with Crippen molar-refractivity contribution in [2.75, 3.05) is 6.54 Å². The SMILES string of the molecule is Cc1[c-]cc(C)c(C(=O)N[C@@H](C)C(=O)N2CCC[C@H]2C)c1.[Y]. The monoisotopic (exact) mass is 376 g/mol. The second-order valence-electron chi connectivity index (χ2n) is 5.93. The second kappa shape index (κ2) is 8.21. The topological polar surface area (TPSA) is 49.4 Å². The quantitative estimate of drug-likeness (QED) is 0.823. The van der Waals surface area contributed by atoms with Crippen molar-refractivity contribution in [2.24, 2.45) is 0 Å². The van der Waals surface area contributed by atoms with Gasteiger partial charge in [-0.05, 0) is 26.7 Å². The molecule has 1 aliphatic rings. The molecule has 1 aliphatic heterocycles. The summed E-state index contributed by atoms with van der Waals surface area (Å²) in [6.07, 6.45) is 2.08. The van der Waals surface area contributed by atoms with E-state index < -0.39 is 6.04 Å². The van der Waals surface area contributed by atoms with Gasteiger partial charge in [0, 0.05) is 45.3 Å². The smallest absolute Gasteiger partial charge is 0.245 e. The Morgan fingerprint density at radius 1 is 1.41 bits per heavy atom. The van der Waals surface area contributed by atoms with Crippen LogP contribution in [0.1, 0.15) is 48.2 Å². The minimum atomic E-state index is -0.498. The number of nitrogens with zero attached hydrogens (tertiary/aromatic N) is 1. The van der Waals surface area contributed by atoms with E-state index in [0.717, 1.165) is 30.5 Å². The van der Waals surface area contributed by atoms with Gasteiger partial charge in [-0.3, -0.25) is 9.59 Å². The number of carbonyl (C=O) groups is 2. The Kier molecular flexibility index (Phi) is 7.21. The average Bonchev–Trinajstić information content (AvgIpc) is 2.86. The standard InChI is InChI=1S/C17H23N2O2.Y/c1-11-7-8-12(2)15(10-11)16(20)18-14(4)17(21)19-9-5-6-13(19)3;/h8,10,13-14H,5-6,9H2,1-4H3,(H,18,20);/q-1;/t13-,14+;/m1./s1. The van der Waals surface area contributed by atoms with E-state index in [1.165, 1.54) is 0 Å². The van der Waals surface area contributed by atoms with E-state index >= 15 is 0 Å². The molecule has 1 heterocycles. The Hall–Kier alpha value is -0.736. The van der Waals surface area contributed by atoms with Crippen molar-refractivity contribution in [1.29, 1.82) is 0 Å². The molecule has 2 amide bonds. The fraction of sp³-hybridized carbons (Fsp3) is 0.529. The molecule has 4 nitrogen and oxygen atoms in total. The molecule has 0 aromatic heterocycles. The number of likely N-dealkylation sites (tertiary alicyclic amines) is 1. The van der Waals surface area contributed by atoms with Crippen molar-refractivity contribution < 1.29 is 42.3 Å². The van der Waals surface area contributed by atoms with E-state index in [1.54, 1.807) is 19.1 Å². The van der Waals surface area contributed by atoms with E-state index in [4.69, 9.17) is 0 Å². The van der Waals surface area contributed by atoms with Crippen LogP contribution in [0.25, 0.3) is 0 Å². The number of nitrogens with one attached hydrogen (secondary N) is 1. The van der Waals surface area contributed by atoms with E-state index in [-0.39, 0.29) is 50.6 Å². The number of amides is 2. The number of rotatable bonds is 3. The van der Waals surface area contributed by atoms with Crippen LogP contribution in [-0.4, -0.2) is 35.3 Å². The van der Waals surface area contributed by atoms with Crippen molar-refractivity contribution in [1.82, 2.24) is 10.2 Å². The van der Waals surface area contributed by atoms with Crippen molar-refractivity contribution in [3.05, 3.63) is 34.9 Å². The molecule has 1 radical (unpaired) electrons. The van der Waals surface area contributed by atoms with Gasteiger partial charge in [0.1, 0.15) is 6.04 Å². The summed E-state index contributed by atoms with van der Waals surface area (Å²) in [5.41, 5.74) is 2.39. The fourth-order valence-corrected chi connectivity index (χ4v) is 2.76. The van der Waals surface area contributed by atoms with Gasteiger partial charge in [0.2, 0.25) is 11.8 Å². The minimum absolute atomic E-state index is 0. The third-order valence-corrected chi connectivity index (χ3v) is 4.10. The van der Waals surface area contributed by atoms with E-state index in [0.29, 0.717) is 5.56 Å². The Morgan fingerprint density at radius 2 is 2.09 bits per heavy atom. The molecule has 1 saturated heterocycles. The zero-order chi connectivity index (χ0) is 15.6. The van der Waals surface area contributed by atoms with Crippen molar-refractivity contribution in [3.63, 3.8) is 0 Å². The Bertz CT molecular complexity index is 560. The normalized spacial score (nSPS) is 18.5. The van der Waals surface area contributed by atoms with Gasteiger partial charge in [-0.25, -0.2) is 0 Å². The number of hydrogen-bond acceptors (Lipinski definition) is 2. The molecule has 0 unspecified atom stereocenters. The summed E-state index contributed by atoms with van der Waals surface area (Å²) in [7, 11) is 0. The molecule has 0 spiro atoms. The van der Waals surface area contributed by atoms with Gasteiger partial charge in [0.15, 0.2) is 0 Å². The van der Waals surface area contributed by atoms with Crippen LogP contribution in [0.3, 0.4) is 0 Å². The summed E-state index contributed by atoms with van der Waals surface area (Å²) >= 11 is 0. The first kappa shape index (κ1) is 19.3. The van der Waals surface area contributed by atoms with E-state index in [2.05, 4.69) is 18.3 Å². The number of hydrogen-bond donors (Lipinski definition) is 1. The molecular formula is C17H23N2O2Y-. The molecule has 2 atom stereocenters. The van der Waals surface area contributed by atoms with E-state index in [9.17, 15) is 9.59 Å². The molecule has 1 aromatic rings. The molecule has 0 bridgehead atoms. The summed E-state index contributed by atoms with van der Waals surface area (Å²) in [6, 6.07) is 6.45. The summed E-state index contributed by atoms with van der Waals surface area (Å²) in [4.78, 5) is 26.6. The van der Waals surface area contributed by atoms with E-state index in [1.807, 2.05) is 18.7 Å². The van der Waals surface area contributed by atoms with Crippen LogP contribution >= 0.6 is 0 Å². The van der Waals surface area contributed by atoms with Crippen LogP contribution in [0.5, 0.6) is 0 Å². The second-order valence-corrected chi connectivity index (χ2v) is 5.93.